The average Bonchev–Trinajstić information content (AvgIpc) is 3.38. The highest BCUT2D eigenvalue weighted by atomic mass is 19.1. The third-order valence-corrected chi connectivity index (χ3v) is 4.94. The molecule has 0 radical (unpaired) electrons. The van der Waals surface area contributed by atoms with Gasteiger partial charge in [0.1, 0.15) is 17.6 Å². The number of benzene rings is 2. The normalized spacial score (nSPS) is 16.4. The van der Waals surface area contributed by atoms with Crippen LogP contribution in [0.4, 0.5) is 4.39 Å². The molecule has 144 valence electrons. The van der Waals surface area contributed by atoms with E-state index in [0.717, 1.165) is 18.4 Å². The third kappa shape index (κ3) is 3.60. The number of carbonyl (C=O) groups is 1. The zero-order valence-corrected chi connectivity index (χ0v) is 15.5. The Hall–Kier alpha value is -3.22. The van der Waals surface area contributed by atoms with E-state index in [2.05, 4.69) is 10.1 Å². The molecule has 1 fully saturated rings. The summed E-state index contributed by atoms with van der Waals surface area (Å²) in [6, 6.07) is 13.2. The molecule has 1 aliphatic rings. The minimum atomic E-state index is -0.323. The van der Waals surface area contributed by atoms with Crippen LogP contribution in [0.5, 0.6) is 5.75 Å². The fraction of sp³-hybridized carbons (Fsp3) is 0.286. The SMILES string of the molecule is COc1ccccc1CC(=O)N1CCCC1c1nc(-c2ccc(F)cc2)no1. The number of hydrogen-bond donors (Lipinski definition) is 0. The van der Waals surface area contributed by atoms with E-state index >= 15 is 0 Å². The molecule has 0 spiro atoms. The molecule has 0 bridgehead atoms. The first-order valence-corrected chi connectivity index (χ1v) is 9.16. The van der Waals surface area contributed by atoms with Crippen LogP contribution in [-0.2, 0) is 11.2 Å². The molecule has 4 rings (SSSR count). The molecule has 0 N–H and O–H groups in total. The van der Waals surface area contributed by atoms with Crippen molar-refractivity contribution in [1.82, 2.24) is 15.0 Å². The van der Waals surface area contributed by atoms with Crippen LogP contribution < -0.4 is 4.74 Å². The van der Waals surface area contributed by atoms with E-state index in [0.29, 0.717) is 29.6 Å². The van der Waals surface area contributed by atoms with Crippen molar-refractivity contribution in [3.8, 4) is 17.1 Å². The topological polar surface area (TPSA) is 68.5 Å². The number of halogens is 1. The number of ether oxygens (including phenoxy) is 1. The standard InChI is InChI=1S/C21H20FN3O3/c1-27-18-7-3-2-5-15(18)13-19(26)25-12-4-6-17(25)21-23-20(24-28-21)14-8-10-16(22)11-9-14/h2-3,5,7-11,17H,4,6,12-13H2,1H3. The molecule has 2 aromatic carbocycles. The van der Waals surface area contributed by atoms with E-state index in [1.807, 2.05) is 24.3 Å². The summed E-state index contributed by atoms with van der Waals surface area (Å²) in [6.07, 6.45) is 1.89. The van der Waals surface area contributed by atoms with E-state index in [9.17, 15) is 9.18 Å². The summed E-state index contributed by atoms with van der Waals surface area (Å²) in [7, 11) is 1.59. The van der Waals surface area contributed by atoms with Crippen LogP contribution in [-0.4, -0.2) is 34.6 Å². The number of hydrogen-bond acceptors (Lipinski definition) is 5. The van der Waals surface area contributed by atoms with Gasteiger partial charge in [-0.2, -0.15) is 4.98 Å². The van der Waals surface area contributed by atoms with Crippen LogP contribution in [0.2, 0.25) is 0 Å². The first-order valence-electron chi connectivity index (χ1n) is 9.16. The Morgan fingerprint density at radius 3 is 2.82 bits per heavy atom. The second-order valence-electron chi connectivity index (χ2n) is 6.70. The fourth-order valence-corrected chi connectivity index (χ4v) is 3.52. The lowest BCUT2D eigenvalue weighted by molar-refractivity contribution is -0.131. The zero-order chi connectivity index (χ0) is 19.5. The van der Waals surface area contributed by atoms with Crippen molar-refractivity contribution in [2.24, 2.45) is 0 Å². The van der Waals surface area contributed by atoms with Gasteiger partial charge in [0.05, 0.1) is 13.5 Å². The van der Waals surface area contributed by atoms with Crippen LogP contribution in [0.3, 0.4) is 0 Å². The number of nitrogens with zero attached hydrogens (tertiary/aromatic N) is 3. The average molecular weight is 381 g/mol. The lowest BCUT2D eigenvalue weighted by Gasteiger charge is -2.22. The first kappa shape index (κ1) is 18.2. The molecule has 1 saturated heterocycles. The Kier molecular flexibility index (Phi) is 5.06. The highest BCUT2D eigenvalue weighted by Crippen LogP contribution is 2.33. The Bertz CT molecular complexity index is 971. The highest BCUT2D eigenvalue weighted by Gasteiger charge is 2.34. The predicted octanol–water partition coefficient (Wildman–Crippen LogP) is 3.79. The molecule has 1 aromatic heterocycles. The van der Waals surface area contributed by atoms with Crippen molar-refractivity contribution in [2.45, 2.75) is 25.3 Å². The van der Waals surface area contributed by atoms with Crippen LogP contribution in [0.1, 0.15) is 30.3 Å². The van der Waals surface area contributed by atoms with E-state index in [-0.39, 0.29) is 24.2 Å². The van der Waals surface area contributed by atoms with E-state index in [1.165, 1.54) is 12.1 Å². The van der Waals surface area contributed by atoms with Crippen molar-refractivity contribution in [1.29, 1.82) is 0 Å². The van der Waals surface area contributed by atoms with Gasteiger partial charge < -0.3 is 14.2 Å². The number of methoxy groups -OCH3 is 1. The van der Waals surface area contributed by atoms with Gasteiger partial charge in [0.15, 0.2) is 0 Å². The Morgan fingerprint density at radius 2 is 2.04 bits per heavy atom. The molecule has 2 heterocycles. The van der Waals surface area contributed by atoms with Gasteiger partial charge in [-0.3, -0.25) is 4.79 Å². The maximum absolute atomic E-state index is 13.1. The maximum Gasteiger partial charge on any atom is 0.249 e. The number of carbonyl (C=O) groups excluding carboxylic acids is 1. The van der Waals surface area contributed by atoms with Gasteiger partial charge in [-0.25, -0.2) is 4.39 Å². The predicted molar refractivity (Wildman–Crippen MR) is 100 cm³/mol. The van der Waals surface area contributed by atoms with E-state index < -0.39 is 0 Å². The van der Waals surface area contributed by atoms with Crippen LogP contribution in [0.15, 0.2) is 53.1 Å². The minimum absolute atomic E-state index is 0.00599. The minimum Gasteiger partial charge on any atom is -0.496 e. The largest absolute Gasteiger partial charge is 0.496 e. The van der Waals surface area contributed by atoms with Crippen molar-refractivity contribution in [2.75, 3.05) is 13.7 Å². The van der Waals surface area contributed by atoms with Gasteiger partial charge in [-0.1, -0.05) is 23.4 Å². The Labute approximate surface area is 161 Å². The molecule has 0 aliphatic carbocycles. The monoisotopic (exact) mass is 381 g/mol. The second kappa shape index (κ2) is 7.80. The van der Waals surface area contributed by atoms with Crippen LogP contribution >= 0.6 is 0 Å². The summed E-state index contributed by atoms with van der Waals surface area (Å²) < 4.78 is 23.9. The summed E-state index contributed by atoms with van der Waals surface area (Å²) >= 11 is 0. The number of likely N-dealkylation sites (tertiary alicyclic amines) is 1. The molecule has 1 unspecified atom stereocenters. The van der Waals surface area contributed by atoms with Crippen molar-refractivity contribution in [3.63, 3.8) is 0 Å². The number of aromatic nitrogens is 2. The molecule has 3 aromatic rings. The summed E-state index contributed by atoms with van der Waals surface area (Å²) in [5, 5.41) is 4.00. The summed E-state index contributed by atoms with van der Waals surface area (Å²) in [5.41, 5.74) is 1.51. The molecular formula is C21H20FN3O3. The smallest absolute Gasteiger partial charge is 0.249 e. The van der Waals surface area contributed by atoms with Crippen LogP contribution in [0, 0.1) is 5.82 Å². The highest BCUT2D eigenvalue weighted by molar-refractivity contribution is 5.80. The van der Waals surface area contributed by atoms with E-state index in [4.69, 9.17) is 9.26 Å². The summed E-state index contributed by atoms with van der Waals surface area (Å²) in [4.78, 5) is 19.2. The first-order chi connectivity index (χ1) is 13.7. The fourth-order valence-electron chi connectivity index (χ4n) is 3.52. The van der Waals surface area contributed by atoms with E-state index in [1.54, 1.807) is 24.1 Å². The van der Waals surface area contributed by atoms with Crippen molar-refractivity contribution in [3.05, 3.63) is 65.8 Å². The molecule has 1 atom stereocenters. The Balaban J connectivity index is 1.52. The lowest BCUT2D eigenvalue weighted by atomic mass is 10.1. The molecule has 0 saturated carbocycles. The summed E-state index contributed by atoms with van der Waals surface area (Å²) in [5.74, 6) is 1.16. The summed E-state index contributed by atoms with van der Waals surface area (Å²) in [6.45, 7) is 0.646. The number of para-hydroxylation sites is 1. The Morgan fingerprint density at radius 1 is 1.25 bits per heavy atom. The van der Waals surface area contributed by atoms with Gasteiger partial charge in [0.25, 0.3) is 0 Å². The van der Waals surface area contributed by atoms with Crippen molar-refractivity contribution < 1.29 is 18.4 Å². The maximum atomic E-state index is 13.1. The second-order valence-corrected chi connectivity index (χ2v) is 6.70. The third-order valence-electron chi connectivity index (χ3n) is 4.94. The van der Waals surface area contributed by atoms with Crippen molar-refractivity contribution >= 4 is 5.91 Å². The zero-order valence-electron chi connectivity index (χ0n) is 15.5. The quantitative estimate of drug-likeness (QED) is 0.673. The molecule has 1 aliphatic heterocycles. The lowest BCUT2D eigenvalue weighted by Crippen LogP contribution is -2.32. The van der Waals surface area contributed by atoms with Gasteiger partial charge >= 0.3 is 0 Å². The molecule has 28 heavy (non-hydrogen) atoms. The number of rotatable bonds is 5. The van der Waals surface area contributed by atoms with Crippen LogP contribution in [0.25, 0.3) is 11.4 Å². The molecule has 1 amide bonds. The van der Waals surface area contributed by atoms with Gasteiger partial charge in [-0.05, 0) is 43.2 Å². The molecule has 6 nitrogen and oxygen atoms in total. The van der Waals surface area contributed by atoms with Gasteiger partial charge in [0, 0.05) is 17.7 Å². The molecular weight excluding hydrogens is 361 g/mol. The van der Waals surface area contributed by atoms with Gasteiger partial charge in [0.2, 0.25) is 17.6 Å². The molecule has 7 heteroatoms. The van der Waals surface area contributed by atoms with Gasteiger partial charge in [-0.15, -0.1) is 0 Å². The number of amides is 1.